The maximum atomic E-state index is 12.8. The Bertz CT molecular complexity index is 1670. The molecule has 224 valence electrons. The van der Waals surface area contributed by atoms with Crippen molar-refractivity contribution in [2.45, 2.75) is 36.5 Å². The largest absolute Gasteiger partial charge is 1.00 e. The van der Waals surface area contributed by atoms with Crippen LogP contribution in [0.15, 0.2) is 83.1 Å². The van der Waals surface area contributed by atoms with Crippen LogP contribution >= 0.6 is 0 Å². The van der Waals surface area contributed by atoms with Gasteiger partial charge in [-0.25, -0.2) is 26.8 Å². The molecule has 4 aromatic rings. The zero-order chi connectivity index (χ0) is 31.0. The maximum absolute atomic E-state index is 12.8. The van der Waals surface area contributed by atoms with Crippen LogP contribution in [0.1, 0.15) is 43.5 Å². The van der Waals surface area contributed by atoms with Crippen molar-refractivity contribution in [3.8, 4) is 0 Å². The van der Waals surface area contributed by atoms with E-state index < -0.39 is 20.0 Å². The topological polar surface area (TPSA) is 192 Å². The average molecular weight is 662 g/mol. The molecule has 44 heavy (non-hydrogen) atoms. The van der Waals surface area contributed by atoms with Gasteiger partial charge in [0.1, 0.15) is 31.4 Å². The fourth-order valence-electron chi connectivity index (χ4n) is 3.71. The zero-order valence-corrected chi connectivity index (χ0v) is 29.0. The molecule has 16 heteroatoms. The molecule has 0 aliphatic heterocycles. The summed E-state index contributed by atoms with van der Waals surface area (Å²) >= 11 is 0. The van der Waals surface area contributed by atoms with Crippen LogP contribution in [-0.2, 0) is 32.9 Å². The molecule has 2 amide bonds. The molecule has 4 rings (SSSR count). The number of sulfonamides is 2. The molecule has 13 nitrogen and oxygen atoms in total. The minimum atomic E-state index is -4.53. The van der Waals surface area contributed by atoms with E-state index in [0.717, 1.165) is 11.1 Å². The van der Waals surface area contributed by atoms with Crippen molar-refractivity contribution >= 4 is 31.9 Å². The van der Waals surface area contributed by atoms with Gasteiger partial charge in [0.25, 0.3) is 11.8 Å². The van der Waals surface area contributed by atoms with Crippen LogP contribution in [0.5, 0.6) is 0 Å². The minimum absolute atomic E-state index is 0. The van der Waals surface area contributed by atoms with Crippen molar-refractivity contribution in [3.63, 3.8) is 0 Å². The minimum Gasteiger partial charge on any atom is -0.428 e. The quantitative estimate of drug-likeness (QED) is 0.183. The molecule has 0 aliphatic rings. The zero-order valence-electron chi connectivity index (χ0n) is 24.3. The first-order chi connectivity index (χ1) is 20.4. The summed E-state index contributed by atoms with van der Waals surface area (Å²) in [5.74, 6) is -0.770. The van der Waals surface area contributed by atoms with Crippen LogP contribution in [0, 0.1) is 13.8 Å². The molecule has 0 spiro atoms. The Balaban J connectivity index is 0.00000529. The second-order valence-corrected chi connectivity index (χ2v) is 12.8. The van der Waals surface area contributed by atoms with Crippen molar-refractivity contribution in [1.82, 2.24) is 30.6 Å². The van der Waals surface area contributed by atoms with Crippen LogP contribution in [0.4, 0.5) is 0 Å². The van der Waals surface area contributed by atoms with Gasteiger partial charge in [-0.3, -0.25) is 19.6 Å². The number of rotatable bonds is 12. The number of amides is 2. The fourth-order valence-corrected chi connectivity index (χ4v) is 6.39. The predicted octanol–water partition coefficient (Wildman–Crippen LogP) is -0.716. The smallest absolute Gasteiger partial charge is 0.428 e. The van der Waals surface area contributed by atoms with Crippen molar-refractivity contribution in [2.75, 3.05) is 13.1 Å². The Hall–Kier alpha value is -2.96. The maximum Gasteiger partial charge on any atom is 1.00 e. The molecular weight excluding hydrogens is 634 g/mol. The predicted molar refractivity (Wildman–Crippen MR) is 156 cm³/mol. The van der Waals surface area contributed by atoms with E-state index in [2.05, 4.69) is 34.7 Å². The van der Waals surface area contributed by atoms with Crippen LogP contribution in [0.3, 0.4) is 0 Å². The van der Waals surface area contributed by atoms with E-state index in [-0.39, 0.29) is 97.5 Å². The van der Waals surface area contributed by atoms with E-state index in [1.807, 2.05) is 0 Å². The summed E-state index contributed by atoms with van der Waals surface area (Å²) in [6, 6.07) is 11.1. The molecule has 0 aliphatic carbocycles. The van der Waals surface area contributed by atoms with Gasteiger partial charge in [0.2, 0.25) is 0 Å². The van der Waals surface area contributed by atoms with Gasteiger partial charge >= 0.3 is 51.4 Å². The third-order valence-electron chi connectivity index (χ3n) is 6.06. The SMILES string of the molecule is Cc1cnc(C(=O)NCCc2ccc(S(=O)(=O)[N-]S(=O)(=O)c3ccc(CCNC(=O)c4cnc(C)cn4)cc3)cc2)cn1.[K+]. The standard InChI is InChI=1S/C28H28N7O6S2.K/c1-19-15-33-25(17-31-19)27(36)29-13-11-21-3-7-23(8-4-21)42(38,39)35-43(40,41)24-9-5-22(6-10-24)12-14-30-28(37)26-18-32-20(2)16-34-26;/h3-10,15-18H,11-14H2,1-2H3,(H,29,36)(H,30,37);/q-1;+1. The fraction of sp³-hybridized carbons (Fsp3) is 0.214. The molecule has 0 bridgehead atoms. The molecule has 2 aromatic heterocycles. The molecule has 2 heterocycles. The van der Waals surface area contributed by atoms with Gasteiger partial charge in [0.15, 0.2) is 0 Å². The van der Waals surface area contributed by atoms with Crippen molar-refractivity contribution in [2.24, 2.45) is 0 Å². The number of hydrogen-bond donors (Lipinski definition) is 2. The second-order valence-electron chi connectivity index (χ2n) is 9.41. The molecule has 2 N–H and O–H groups in total. The van der Waals surface area contributed by atoms with E-state index in [1.54, 1.807) is 13.8 Å². The van der Waals surface area contributed by atoms with Crippen LogP contribution < -0.4 is 62.0 Å². The molecule has 0 saturated carbocycles. The molecule has 0 unspecified atom stereocenters. The molecular formula is C28H28KN7O6S2. The van der Waals surface area contributed by atoms with E-state index in [9.17, 15) is 26.4 Å². The summed E-state index contributed by atoms with van der Waals surface area (Å²) in [7, 11) is -9.05. The van der Waals surface area contributed by atoms with Crippen molar-refractivity contribution in [3.05, 3.63) is 111 Å². The van der Waals surface area contributed by atoms with Gasteiger partial charge in [0.05, 0.1) is 23.8 Å². The summed E-state index contributed by atoms with van der Waals surface area (Å²) < 4.78 is 54.2. The van der Waals surface area contributed by atoms with Gasteiger partial charge in [-0.15, -0.1) is 0 Å². The Kier molecular flexibility index (Phi) is 12.8. The Morgan fingerprint density at radius 1 is 0.614 bits per heavy atom. The first-order valence-electron chi connectivity index (χ1n) is 13.0. The summed E-state index contributed by atoms with van der Waals surface area (Å²) in [5, 5.41) is 5.42. The van der Waals surface area contributed by atoms with Crippen LogP contribution in [-0.4, -0.2) is 61.7 Å². The van der Waals surface area contributed by atoms with Gasteiger partial charge in [-0.05, 0) is 62.1 Å². The number of aryl methyl sites for hydroxylation is 2. The second kappa shape index (κ2) is 15.9. The number of benzene rings is 2. The Morgan fingerprint density at radius 3 is 1.30 bits per heavy atom. The first-order valence-corrected chi connectivity index (χ1v) is 15.9. The summed E-state index contributed by atoms with van der Waals surface area (Å²) in [4.78, 5) is 39.8. The number of aromatic nitrogens is 4. The molecule has 2 aromatic carbocycles. The van der Waals surface area contributed by atoms with Gasteiger partial charge in [-0.1, -0.05) is 24.3 Å². The van der Waals surface area contributed by atoms with E-state index in [4.69, 9.17) is 0 Å². The normalized spacial score (nSPS) is 11.3. The third-order valence-corrected chi connectivity index (χ3v) is 9.37. The molecule has 0 saturated heterocycles. The Morgan fingerprint density at radius 2 is 0.977 bits per heavy atom. The molecule has 0 atom stereocenters. The van der Waals surface area contributed by atoms with E-state index >= 15 is 0 Å². The number of nitrogens with zero attached hydrogens (tertiary/aromatic N) is 5. The van der Waals surface area contributed by atoms with Gasteiger partial charge < -0.3 is 14.8 Å². The van der Waals surface area contributed by atoms with E-state index in [1.165, 1.54) is 73.3 Å². The summed E-state index contributed by atoms with van der Waals surface area (Å²) in [5.41, 5.74) is 3.18. The van der Waals surface area contributed by atoms with E-state index in [0.29, 0.717) is 24.2 Å². The first kappa shape index (κ1) is 35.5. The Labute approximate surface area is 298 Å². The number of nitrogens with one attached hydrogen (secondary N) is 2. The molecule has 0 radical (unpaired) electrons. The average Bonchev–Trinajstić information content (AvgIpc) is 2.98. The monoisotopic (exact) mass is 661 g/mol. The third kappa shape index (κ3) is 10.0. The van der Waals surface area contributed by atoms with Crippen molar-refractivity contribution < 1.29 is 77.8 Å². The van der Waals surface area contributed by atoms with Crippen molar-refractivity contribution in [1.29, 1.82) is 0 Å². The number of hydrogen-bond acceptors (Lipinski definition) is 10. The summed E-state index contributed by atoms with van der Waals surface area (Å²) in [6.45, 7) is 4.05. The van der Waals surface area contributed by atoms with Crippen LogP contribution in [0.25, 0.3) is 4.13 Å². The van der Waals surface area contributed by atoms with Gasteiger partial charge in [0, 0.05) is 35.3 Å². The molecule has 0 fully saturated rings. The number of carbonyl (C=O) groups excluding carboxylic acids is 2. The van der Waals surface area contributed by atoms with Crippen LogP contribution in [0.2, 0.25) is 0 Å². The number of carbonyl (C=O) groups is 2. The summed E-state index contributed by atoms with van der Waals surface area (Å²) in [6.07, 6.45) is 6.53. The van der Waals surface area contributed by atoms with Gasteiger partial charge in [-0.2, -0.15) is 0 Å².